The fourth-order valence-electron chi connectivity index (χ4n) is 1.66. The highest BCUT2D eigenvalue weighted by atomic mass is 16.6. The molecule has 2 rings (SSSR count). The van der Waals surface area contributed by atoms with Crippen molar-refractivity contribution in [2.45, 2.75) is 6.92 Å². The largest absolute Gasteiger partial charge is 0.496 e. The predicted octanol–water partition coefficient (Wildman–Crippen LogP) is 3.70. The minimum atomic E-state index is -0.492. The fourth-order valence-corrected chi connectivity index (χ4v) is 1.66. The van der Waals surface area contributed by atoms with E-state index in [4.69, 9.17) is 9.47 Å². The van der Waals surface area contributed by atoms with E-state index in [-0.39, 0.29) is 11.4 Å². The number of aryl methyl sites for hydroxylation is 1. The molecule has 5 heteroatoms. The van der Waals surface area contributed by atoms with E-state index in [1.165, 1.54) is 19.2 Å². The number of nitrogens with zero attached hydrogens (tertiary/aromatic N) is 1. The quantitative estimate of drug-likeness (QED) is 0.620. The van der Waals surface area contributed by atoms with Crippen LogP contribution in [-0.4, -0.2) is 12.0 Å². The van der Waals surface area contributed by atoms with Gasteiger partial charge in [0.1, 0.15) is 11.5 Å². The molecule has 19 heavy (non-hydrogen) atoms. The summed E-state index contributed by atoms with van der Waals surface area (Å²) in [5.41, 5.74) is 0.898. The van der Waals surface area contributed by atoms with Crippen LogP contribution in [0.4, 0.5) is 5.69 Å². The van der Waals surface area contributed by atoms with Crippen molar-refractivity contribution < 1.29 is 14.4 Å². The Labute approximate surface area is 110 Å². The van der Waals surface area contributed by atoms with Crippen molar-refractivity contribution >= 4 is 5.69 Å². The first-order valence-electron chi connectivity index (χ1n) is 5.67. The van der Waals surface area contributed by atoms with Crippen LogP contribution < -0.4 is 9.47 Å². The summed E-state index contributed by atoms with van der Waals surface area (Å²) in [6, 6.07) is 11.8. The second-order valence-corrected chi connectivity index (χ2v) is 4.01. The Hall–Kier alpha value is -2.56. The van der Waals surface area contributed by atoms with Gasteiger partial charge in [-0.15, -0.1) is 0 Å². The van der Waals surface area contributed by atoms with Crippen molar-refractivity contribution in [2.75, 3.05) is 7.11 Å². The number of nitro benzene ring substituents is 1. The summed E-state index contributed by atoms with van der Waals surface area (Å²) in [7, 11) is 1.46. The van der Waals surface area contributed by atoms with E-state index in [1.54, 1.807) is 12.1 Å². The van der Waals surface area contributed by atoms with Crippen molar-refractivity contribution in [3.63, 3.8) is 0 Å². The van der Waals surface area contributed by atoms with Crippen molar-refractivity contribution in [1.29, 1.82) is 0 Å². The summed E-state index contributed by atoms with van der Waals surface area (Å²) in [5.74, 6) is 1.17. The molecule has 0 atom stereocenters. The number of hydrogen-bond acceptors (Lipinski definition) is 4. The number of benzene rings is 2. The SMILES string of the molecule is COc1ccc(Oc2cccc(C)c2)c([N+](=O)[O-])c1. The summed E-state index contributed by atoms with van der Waals surface area (Å²) in [6.45, 7) is 1.93. The summed E-state index contributed by atoms with van der Waals surface area (Å²) < 4.78 is 10.5. The molecule has 0 bridgehead atoms. The third-order valence-electron chi connectivity index (χ3n) is 2.58. The van der Waals surface area contributed by atoms with E-state index in [2.05, 4.69) is 0 Å². The Kier molecular flexibility index (Phi) is 3.66. The molecule has 2 aromatic rings. The third-order valence-corrected chi connectivity index (χ3v) is 2.58. The molecule has 0 saturated heterocycles. The predicted molar refractivity (Wildman–Crippen MR) is 70.9 cm³/mol. The highest BCUT2D eigenvalue weighted by Gasteiger charge is 2.17. The van der Waals surface area contributed by atoms with E-state index < -0.39 is 4.92 Å². The average Bonchev–Trinajstić information content (AvgIpc) is 2.39. The lowest BCUT2D eigenvalue weighted by Crippen LogP contribution is -1.94. The standard InChI is InChI=1S/C14H13NO4/c1-10-4-3-5-12(8-10)19-14-7-6-11(18-2)9-13(14)15(16)17/h3-9H,1-2H3. The molecule has 0 spiro atoms. The summed E-state index contributed by atoms with van der Waals surface area (Å²) in [5, 5.41) is 11.0. The topological polar surface area (TPSA) is 61.6 Å². The van der Waals surface area contributed by atoms with E-state index in [0.717, 1.165) is 5.56 Å². The molecule has 0 fully saturated rings. The highest BCUT2D eigenvalue weighted by molar-refractivity contribution is 5.52. The van der Waals surface area contributed by atoms with Gasteiger partial charge >= 0.3 is 5.69 Å². The Morgan fingerprint density at radius 3 is 2.53 bits per heavy atom. The molecule has 0 aliphatic carbocycles. The van der Waals surface area contributed by atoms with E-state index in [0.29, 0.717) is 11.5 Å². The highest BCUT2D eigenvalue weighted by Crippen LogP contribution is 2.34. The van der Waals surface area contributed by atoms with Gasteiger partial charge in [0.15, 0.2) is 0 Å². The zero-order chi connectivity index (χ0) is 13.8. The third kappa shape index (κ3) is 3.01. The van der Waals surface area contributed by atoms with Crippen molar-refractivity contribution in [1.82, 2.24) is 0 Å². The second kappa shape index (κ2) is 5.39. The molecule has 0 aromatic heterocycles. The smallest absolute Gasteiger partial charge is 0.315 e. The summed E-state index contributed by atoms with van der Waals surface area (Å²) in [6.07, 6.45) is 0. The maximum absolute atomic E-state index is 11.0. The van der Waals surface area contributed by atoms with Crippen molar-refractivity contribution in [3.05, 3.63) is 58.1 Å². The molecule has 0 saturated carbocycles. The maximum Gasteiger partial charge on any atom is 0.315 e. The molecule has 0 aliphatic rings. The van der Waals surface area contributed by atoms with Gasteiger partial charge in [-0.1, -0.05) is 12.1 Å². The zero-order valence-electron chi connectivity index (χ0n) is 10.6. The molecular weight excluding hydrogens is 246 g/mol. The zero-order valence-corrected chi connectivity index (χ0v) is 10.6. The molecule has 0 radical (unpaired) electrons. The Morgan fingerprint density at radius 2 is 1.89 bits per heavy atom. The molecule has 98 valence electrons. The van der Waals surface area contributed by atoms with Crippen LogP contribution in [0.1, 0.15) is 5.56 Å². The van der Waals surface area contributed by atoms with Crippen LogP contribution in [0, 0.1) is 17.0 Å². The Morgan fingerprint density at radius 1 is 1.11 bits per heavy atom. The van der Waals surface area contributed by atoms with Crippen LogP contribution in [0.3, 0.4) is 0 Å². The minimum Gasteiger partial charge on any atom is -0.496 e. The molecule has 0 N–H and O–H groups in total. The Balaban J connectivity index is 2.36. The van der Waals surface area contributed by atoms with E-state index in [1.807, 2.05) is 25.1 Å². The molecule has 0 amide bonds. The van der Waals surface area contributed by atoms with Crippen LogP contribution in [0.25, 0.3) is 0 Å². The van der Waals surface area contributed by atoms with Gasteiger partial charge in [0.2, 0.25) is 5.75 Å². The van der Waals surface area contributed by atoms with Crippen molar-refractivity contribution in [3.8, 4) is 17.2 Å². The van der Waals surface area contributed by atoms with Gasteiger partial charge < -0.3 is 9.47 Å². The lowest BCUT2D eigenvalue weighted by molar-refractivity contribution is -0.385. The first-order chi connectivity index (χ1) is 9.10. The maximum atomic E-state index is 11.0. The van der Waals surface area contributed by atoms with Gasteiger partial charge in [0, 0.05) is 0 Å². The van der Waals surface area contributed by atoms with Crippen molar-refractivity contribution in [2.24, 2.45) is 0 Å². The number of ether oxygens (including phenoxy) is 2. The number of nitro groups is 1. The molecule has 2 aromatic carbocycles. The molecular formula is C14H13NO4. The van der Waals surface area contributed by atoms with Crippen LogP contribution in [0.2, 0.25) is 0 Å². The minimum absolute atomic E-state index is 0.124. The van der Waals surface area contributed by atoms with Crippen LogP contribution in [0.5, 0.6) is 17.2 Å². The van der Waals surface area contributed by atoms with E-state index in [9.17, 15) is 10.1 Å². The summed E-state index contributed by atoms with van der Waals surface area (Å²) in [4.78, 5) is 10.5. The van der Waals surface area contributed by atoms with Crippen LogP contribution in [-0.2, 0) is 0 Å². The van der Waals surface area contributed by atoms with Gasteiger partial charge in [-0.05, 0) is 36.8 Å². The lowest BCUT2D eigenvalue weighted by Gasteiger charge is -2.08. The molecule has 0 aliphatic heterocycles. The van der Waals surface area contributed by atoms with Gasteiger partial charge in [0.25, 0.3) is 0 Å². The number of rotatable bonds is 4. The van der Waals surface area contributed by atoms with Gasteiger partial charge in [-0.3, -0.25) is 10.1 Å². The van der Waals surface area contributed by atoms with Crippen LogP contribution >= 0.6 is 0 Å². The first-order valence-corrected chi connectivity index (χ1v) is 5.67. The van der Waals surface area contributed by atoms with Crippen LogP contribution in [0.15, 0.2) is 42.5 Å². The molecule has 0 heterocycles. The number of hydrogen-bond donors (Lipinski definition) is 0. The van der Waals surface area contributed by atoms with Gasteiger partial charge in [0.05, 0.1) is 18.1 Å². The lowest BCUT2D eigenvalue weighted by atomic mass is 10.2. The molecule has 5 nitrogen and oxygen atoms in total. The monoisotopic (exact) mass is 259 g/mol. The molecule has 0 unspecified atom stereocenters. The Bertz CT molecular complexity index is 610. The van der Waals surface area contributed by atoms with Gasteiger partial charge in [-0.2, -0.15) is 0 Å². The normalized spacial score (nSPS) is 10.0. The summed E-state index contributed by atoms with van der Waals surface area (Å²) >= 11 is 0. The first kappa shape index (κ1) is 12.9. The van der Waals surface area contributed by atoms with Gasteiger partial charge in [-0.25, -0.2) is 0 Å². The number of methoxy groups -OCH3 is 1. The second-order valence-electron chi connectivity index (χ2n) is 4.01. The fraction of sp³-hybridized carbons (Fsp3) is 0.143. The average molecular weight is 259 g/mol. The van der Waals surface area contributed by atoms with E-state index >= 15 is 0 Å².